The Balaban J connectivity index is 1.93. The fourth-order valence-corrected chi connectivity index (χ4v) is 2.53. The van der Waals surface area contributed by atoms with E-state index >= 15 is 0 Å². The summed E-state index contributed by atoms with van der Waals surface area (Å²) in [6.07, 6.45) is 6.82. The smallest absolute Gasteiger partial charge is 0.121 e. The van der Waals surface area contributed by atoms with Crippen molar-refractivity contribution in [3.8, 4) is 0 Å². The molecule has 0 atom stereocenters. The second-order valence-corrected chi connectivity index (χ2v) is 4.89. The van der Waals surface area contributed by atoms with Gasteiger partial charge in [-0.25, -0.2) is 0 Å². The van der Waals surface area contributed by atoms with Crippen molar-refractivity contribution in [1.82, 2.24) is 14.7 Å². The van der Waals surface area contributed by atoms with E-state index in [0.29, 0.717) is 0 Å². The lowest BCUT2D eigenvalue weighted by atomic mass is 9.94. The highest BCUT2D eigenvalue weighted by atomic mass is 15.3. The summed E-state index contributed by atoms with van der Waals surface area (Å²) in [6.45, 7) is 0.912. The number of nitrogens with two attached hydrogens (primary N) is 1. The van der Waals surface area contributed by atoms with Gasteiger partial charge in [-0.05, 0) is 19.9 Å². The summed E-state index contributed by atoms with van der Waals surface area (Å²) < 4.78 is 1.74. The van der Waals surface area contributed by atoms with Crippen molar-refractivity contribution < 1.29 is 0 Å². The highest BCUT2D eigenvalue weighted by Gasteiger charge is 2.18. The molecule has 2 N–H and O–H groups in total. The average Bonchev–Trinajstić information content (AvgIpc) is 2.59. The number of hydrogen-bond donors (Lipinski definition) is 1. The molecule has 1 fully saturated rings. The number of rotatable bonds is 3. The molecular formula is C12H22N4. The first kappa shape index (κ1) is 11.5. The SMILES string of the molecule is CN(Cc1cc(N)n(C)n1)C1CCCCC1. The van der Waals surface area contributed by atoms with Crippen molar-refractivity contribution in [2.75, 3.05) is 12.8 Å². The van der Waals surface area contributed by atoms with Crippen LogP contribution in [0, 0.1) is 0 Å². The molecule has 1 aliphatic rings. The maximum atomic E-state index is 5.78. The molecule has 90 valence electrons. The molecule has 2 rings (SSSR count). The van der Waals surface area contributed by atoms with Crippen LogP contribution in [0.2, 0.25) is 0 Å². The van der Waals surface area contributed by atoms with Gasteiger partial charge in [-0.15, -0.1) is 0 Å². The van der Waals surface area contributed by atoms with Gasteiger partial charge in [0.15, 0.2) is 0 Å². The lowest BCUT2D eigenvalue weighted by Crippen LogP contribution is -2.33. The van der Waals surface area contributed by atoms with E-state index in [-0.39, 0.29) is 0 Å². The van der Waals surface area contributed by atoms with Gasteiger partial charge >= 0.3 is 0 Å². The normalized spacial score (nSPS) is 18.2. The molecule has 1 heterocycles. The van der Waals surface area contributed by atoms with E-state index in [2.05, 4.69) is 17.0 Å². The van der Waals surface area contributed by atoms with Crippen molar-refractivity contribution in [1.29, 1.82) is 0 Å². The maximum Gasteiger partial charge on any atom is 0.121 e. The van der Waals surface area contributed by atoms with E-state index < -0.39 is 0 Å². The van der Waals surface area contributed by atoms with Crippen LogP contribution in [0.3, 0.4) is 0 Å². The number of nitrogens with zero attached hydrogens (tertiary/aromatic N) is 3. The Morgan fingerprint density at radius 2 is 2.12 bits per heavy atom. The fourth-order valence-electron chi connectivity index (χ4n) is 2.53. The number of aryl methyl sites for hydroxylation is 1. The van der Waals surface area contributed by atoms with Crippen LogP contribution >= 0.6 is 0 Å². The highest BCUT2D eigenvalue weighted by molar-refractivity contribution is 5.30. The molecule has 0 spiro atoms. The zero-order valence-electron chi connectivity index (χ0n) is 10.3. The Labute approximate surface area is 97.4 Å². The number of aromatic nitrogens is 2. The van der Waals surface area contributed by atoms with Crippen LogP contribution in [0.1, 0.15) is 37.8 Å². The summed E-state index contributed by atoms with van der Waals surface area (Å²) in [5, 5.41) is 4.40. The molecule has 0 amide bonds. The molecule has 0 unspecified atom stereocenters. The Morgan fingerprint density at radius 1 is 1.44 bits per heavy atom. The Kier molecular flexibility index (Phi) is 3.49. The second kappa shape index (κ2) is 4.87. The molecule has 0 aliphatic heterocycles. The van der Waals surface area contributed by atoms with E-state index in [4.69, 9.17) is 5.73 Å². The van der Waals surface area contributed by atoms with Gasteiger partial charge in [0.1, 0.15) is 5.82 Å². The summed E-state index contributed by atoms with van der Waals surface area (Å²) in [6, 6.07) is 2.70. The van der Waals surface area contributed by atoms with Crippen molar-refractivity contribution in [2.45, 2.75) is 44.7 Å². The van der Waals surface area contributed by atoms with Crippen LogP contribution in [-0.4, -0.2) is 27.8 Å². The van der Waals surface area contributed by atoms with E-state index in [9.17, 15) is 0 Å². The van der Waals surface area contributed by atoms with Gasteiger partial charge in [-0.2, -0.15) is 5.10 Å². The number of anilines is 1. The van der Waals surface area contributed by atoms with Gasteiger partial charge < -0.3 is 5.73 Å². The standard InChI is InChI=1S/C12H22N4/c1-15(11-6-4-3-5-7-11)9-10-8-12(13)16(2)14-10/h8,11H,3-7,9,13H2,1-2H3. The largest absolute Gasteiger partial charge is 0.384 e. The van der Waals surface area contributed by atoms with Crippen molar-refractivity contribution in [3.05, 3.63) is 11.8 Å². The van der Waals surface area contributed by atoms with Gasteiger partial charge in [-0.3, -0.25) is 9.58 Å². The van der Waals surface area contributed by atoms with Crippen LogP contribution in [0.5, 0.6) is 0 Å². The Bertz CT molecular complexity index is 319. The molecule has 1 aliphatic carbocycles. The molecule has 0 aromatic carbocycles. The minimum absolute atomic E-state index is 0.733. The van der Waals surface area contributed by atoms with E-state index in [1.54, 1.807) is 4.68 Å². The van der Waals surface area contributed by atoms with Gasteiger partial charge in [0.2, 0.25) is 0 Å². The first-order chi connectivity index (χ1) is 7.66. The Hall–Kier alpha value is -1.03. The zero-order valence-corrected chi connectivity index (χ0v) is 10.3. The molecule has 0 radical (unpaired) electrons. The third-order valence-electron chi connectivity index (χ3n) is 3.58. The minimum Gasteiger partial charge on any atom is -0.384 e. The number of nitrogen functional groups attached to an aromatic ring is 1. The molecule has 1 aromatic rings. The summed E-state index contributed by atoms with van der Waals surface area (Å²) in [5.41, 5.74) is 6.85. The van der Waals surface area contributed by atoms with Crippen molar-refractivity contribution >= 4 is 5.82 Å². The third-order valence-corrected chi connectivity index (χ3v) is 3.58. The van der Waals surface area contributed by atoms with Crippen LogP contribution in [0.15, 0.2) is 6.07 Å². The topological polar surface area (TPSA) is 47.1 Å². The van der Waals surface area contributed by atoms with Crippen molar-refractivity contribution in [3.63, 3.8) is 0 Å². The summed E-state index contributed by atoms with van der Waals surface area (Å²) in [5.74, 6) is 0.743. The van der Waals surface area contributed by atoms with E-state index in [1.807, 2.05) is 13.1 Å². The first-order valence-electron chi connectivity index (χ1n) is 6.15. The molecule has 0 bridgehead atoms. The minimum atomic E-state index is 0.733. The molecule has 1 aromatic heterocycles. The van der Waals surface area contributed by atoms with Crippen LogP contribution in [0.25, 0.3) is 0 Å². The average molecular weight is 222 g/mol. The molecule has 4 heteroatoms. The third kappa shape index (κ3) is 2.55. The quantitative estimate of drug-likeness (QED) is 0.848. The molecule has 1 saturated carbocycles. The highest BCUT2D eigenvalue weighted by Crippen LogP contribution is 2.22. The fraction of sp³-hybridized carbons (Fsp3) is 0.750. The van der Waals surface area contributed by atoms with E-state index in [0.717, 1.165) is 24.1 Å². The summed E-state index contributed by atoms with van der Waals surface area (Å²) >= 11 is 0. The van der Waals surface area contributed by atoms with Crippen LogP contribution in [0.4, 0.5) is 5.82 Å². The first-order valence-corrected chi connectivity index (χ1v) is 6.15. The predicted octanol–water partition coefficient (Wildman–Crippen LogP) is 1.77. The zero-order chi connectivity index (χ0) is 11.5. The maximum absolute atomic E-state index is 5.78. The number of hydrogen-bond acceptors (Lipinski definition) is 3. The van der Waals surface area contributed by atoms with Gasteiger partial charge in [-0.1, -0.05) is 19.3 Å². The second-order valence-electron chi connectivity index (χ2n) is 4.89. The molecule has 4 nitrogen and oxygen atoms in total. The van der Waals surface area contributed by atoms with Gasteiger partial charge in [0.05, 0.1) is 5.69 Å². The lowest BCUT2D eigenvalue weighted by molar-refractivity contribution is 0.182. The van der Waals surface area contributed by atoms with E-state index in [1.165, 1.54) is 32.1 Å². The van der Waals surface area contributed by atoms with Crippen molar-refractivity contribution in [2.24, 2.45) is 7.05 Å². The van der Waals surface area contributed by atoms with Crippen LogP contribution in [-0.2, 0) is 13.6 Å². The molecule has 16 heavy (non-hydrogen) atoms. The summed E-state index contributed by atoms with van der Waals surface area (Å²) in [4.78, 5) is 2.42. The predicted molar refractivity (Wildman–Crippen MR) is 66.0 cm³/mol. The lowest BCUT2D eigenvalue weighted by Gasteiger charge is -2.30. The summed E-state index contributed by atoms with van der Waals surface area (Å²) in [7, 11) is 4.08. The van der Waals surface area contributed by atoms with Gasteiger partial charge in [0, 0.05) is 25.7 Å². The monoisotopic (exact) mass is 222 g/mol. The molecule has 0 saturated heterocycles. The van der Waals surface area contributed by atoms with Gasteiger partial charge in [0.25, 0.3) is 0 Å². The molecular weight excluding hydrogens is 200 g/mol. The Morgan fingerprint density at radius 3 is 2.69 bits per heavy atom. The van der Waals surface area contributed by atoms with Crippen LogP contribution < -0.4 is 5.73 Å².